The molecule has 0 aliphatic carbocycles. The van der Waals surface area contributed by atoms with E-state index < -0.39 is 10.0 Å². The van der Waals surface area contributed by atoms with Gasteiger partial charge in [-0.05, 0) is 30.5 Å². The number of thiophene rings is 1. The third-order valence-corrected chi connectivity index (χ3v) is 6.68. The molecular weight excluding hydrogens is 344 g/mol. The summed E-state index contributed by atoms with van der Waals surface area (Å²) in [7, 11) is -3.54. The van der Waals surface area contributed by atoms with E-state index in [4.69, 9.17) is 4.52 Å². The summed E-state index contributed by atoms with van der Waals surface area (Å²) in [6.45, 7) is 4.17. The van der Waals surface area contributed by atoms with Crippen LogP contribution in [-0.2, 0) is 10.0 Å². The molecule has 2 aromatic heterocycles. The molecule has 0 radical (unpaired) electrons. The Morgan fingerprint density at radius 1 is 1.21 bits per heavy atom. The Kier molecular flexibility index (Phi) is 4.84. The SMILES string of the molecule is Cc1cc(-c2ccc(S(=O)(=O)NCC(C)c3ccccc3)s2)on1. The van der Waals surface area contributed by atoms with Crippen molar-refractivity contribution < 1.29 is 12.9 Å². The maximum absolute atomic E-state index is 12.5. The van der Waals surface area contributed by atoms with Crippen molar-refractivity contribution in [2.24, 2.45) is 0 Å². The Balaban J connectivity index is 1.71. The van der Waals surface area contributed by atoms with Gasteiger partial charge in [0, 0.05) is 12.6 Å². The summed E-state index contributed by atoms with van der Waals surface area (Å²) in [5.74, 6) is 0.675. The zero-order valence-electron chi connectivity index (χ0n) is 13.4. The van der Waals surface area contributed by atoms with E-state index in [9.17, 15) is 8.42 Å². The van der Waals surface area contributed by atoms with Gasteiger partial charge in [-0.1, -0.05) is 42.4 Å². The molecule has 1 aromatic carbocycles. The highest BCUT2D eigenvalue weighted by Gasteiger charge is 2.19. The molecule has 1 unspecified atom stereocenters. The molecule has 7 heteroatoms. The third kappa shape index (κ3) is 3.75. The van der Waals surface area contributed by atoms with Crippen molar-refractivity contribution >= 4 is 21.4 Å². The van der Waals surface area contributed by atoms with Crippen LogP contribution in [-0.4, -0.2) is 20.1 Å². The van der Waals surface area contributed by atoms with Crippen molar-refractivity contribution in [3.63, 3.8) is 0 Å². The van der Waals surface area contributed by atoms with Gasteiger partial charge in [-0.2, -0.15) is 0 Å². The van der Waals surface area contributed by atoms with Crippen LogP contribution in [0.25, 0.3) is 10.6 Å². The van der Waals surface area contributed by atoms with E-state index in [2.05, 4.69) is 9.88 Å². The van der Waals surface area contributed by atoms with Gasteiger partial charge in [0.15, 0.2) is 5.76 Å². The monoisotopic (exact) mass is 362 g/mol. The van der Waals surface area contributed by atoms with Crippen molar-refractivity contribution in [2.45, 2.75) is 24.0 Å². The van der Waals surface area contributed by atoms with Gasteiger partial charge in [0.2, 0.25) is 10.0 Å². The van der Waals surface area contributed by atoms with Crippen molar-refractivity contribution in [3.05, 3.63) is 59.8 Å². The lowest BCUT2D eigenvalue weighted by Crippen LogP contribution is -2.27. The Bertz CT molecular complexity index is 914. The fourth-order valence-corrected chi connectivity index (χ4v) is 4.71. The number of hydrogen-bond acceptors (Lipinski definition) is 5. The lowest BCUT2D eigenvalue weighted by atomic mass is 10.0. The lowest BCUT2D eigenvalue weighted by molar-refractivity contribution is 0.428. The summed E-state index contributed by atoms with van der Waals surface area (Å²) >= 11 is 1.17. The molecule has 0 aliphatic rings. The summed E-state index contributed by atoms with van der Waals surface area (Å²) in [6, 6.07) is 14.9. The second-order valence-electron chi connectivity index (χ2n) is 5.61. The van der Waals surface area contributed by atoms with E-state index in [1.807, 2.05) is 44.2 Å². The molecule has 5 nitrogen and oxygen atoms in total. The number of hydrogen-bond donors (Lipinski definition) is 1. The minimum absolute atomic E-state index is 0.0948. The second-order valence-corrected chi connectivity index (χ2v) is 8.69. The fourth-order valence-electron chi connectivity index (χ4n) is 2.28. The van der Waals surface area contributed by atoms with Gasteiger partial charge in [0.25, 0.3) is 0 Å². The summed E-state index contributed by atoms with van der Waals surface area (Å²) in [6.07, 6.45) is 0. The van der Waals surface area contributed by atoms with Crippen LogP contribution in [0.1, 0.15) is 24.1 Å². The van der Waals surface area contributed by atoms with Crippen LogP contribution < -0.4 is 4.72 Å². The maximum Gasteiger partial charge on any atom is 0.250 e. The molecule has 0 bridgehead atoms. The number of aryl methyl sites for hydroxylation is 1. The van der Waals surface area contributed by atoms with Crippen LogP contribution in [0.5, 0.6) is 0 Å². The summed E-state index contributed by atoms with van der Waals surface area (Å²) < 4.78 is 33.1. The van der Waals surface area contributed by atoms with E-state index >= 15 is 0 Å². The Hall–Kier alpha value is -1.96. The lowest BCUT2D eigenvalue weighted by Gasteiger charge is -2.12. The largest absolute Gasteiger partial charge is 0.355 e. The molecular formula is C17H18N2O3S2. The summed E-state index contributed by atoms with van der Waals surface area (Å²) in [5, 5.41) is 3.82. The van der Waals surface area contributed by atoms with Crippen LogP contribution >= 0.6 is 11.3 Å². The molecule has 1 N–H and O–H groups in total. The van der Waals surface area contributed by atoms with E-state index in [0.29, 0.717) is 12.3 Å². The summed E-state index contributed by atoms with van der Waals surface area (Å²) in [5.41, 5.74) is 1.86. The first-order valence-corrected chi connectivity index (χ1v) is 9.84. The van der Waals surface area contributed by atoms with Gasteiger partial charge >= 0.3 is 0 Å². The fraction of sp³-hybridized carbons (Fsp3) is 0.235. The molecule has 0 saturated carbocycles. The zero-order chi connectivity index (χ0) is 17.2. The molecule has 0 fully saturated rings. The Morgan fingerprint density at radius 2 is 1.96 bits per heavy atom. The van der Waals surface area contributed by atoms with Crippen LogP contribution in [0, 0.1) is 6.92 Å². The van der Waals surface area contributed by atoms with Gasteiger partial charge in [0.1, 0.15) is 4.21 Å². The summed E-state index contributed by atoms with van der Waals surface area (Å²) in [4.78, 5) is 0.743. The molecule has 3 rings (SSSR count). The first-order valence-electron chi connectivity index (χ1n) is 7.54. The first-order chi connectivity index (χ1) is 11.5. The minimum atomic E-state index is -3.54. The highest BCUT2D eigenvalue weighted by molar-refractivity contribution is 7.91. The van der Waals surface area contributed by atoms with Crippen LogP contribution in [0.3, 0.4) is 0 Å². The van der Waals surface area contributed by atoms with Crippen molar-refractivity contribution in [1.82, 2.24) is 9.88 Å². The van der Waals surface area contributed by atoms with Gasteiger partial charge < -0.3 is 4.52 Å². The Labute approximate surface area is 145 Å². The molecule has 1 atom stereocenters. The first kappa shape index (κ1) is 16.9. The van der Waals surface area contributed by atoms with Crippen LogP contribution in [0.15, 0.2) is 57.3 Å². The van der Waals surface area contributed by atoms with Gasteiger partial charge in [0.05, 0.1) is 10.6 Å². The standard InChI is InChI=1S/C17H18N2O3S2/c1-12(14-6-4-3-5-7-14)11-18-24(20,21)17-9-8-16(23-17)15-10-13(2)19-22-15/h3-10,12,18H,11H2,1-2H3. The van der Waals surface area contributed by atoms with E-state index in [1.54, 1.807) is 18.2 Å². The van der Waals surface area contributed by atoms with Crippen molar-refractivity contribution in [2.75, 3.05) is 6.54 Å². The predicted molar refractivity (Wildman–Crippen MR) is 94.6 cm³/mol. The molecule has 2 heterocycles. The number of rotatable bonds is 6. The Morgan fingerprint density at radius 3 is 2.62 bits per heavy atom. The number of aromatic nitrogens is 1. The average Bonchev–Trinajstić information content (AvgIpc) is 3.22. The third-order valence-electron chi connectivity index (χ3n) is 3.67. The minimum Gasteiger partial charge on any atom is -0.355 e. The van der Waals surface area contributed by atoms with E-state index in [1.165, 1.54) is 11.3 Å². The van der Waals surface area contributed by atoms with Crippen LogP contribution in [0.4, 0.5) is 0 Å². The molecule has 0 saturated heterocycles. The van der Waals surface area contributed by atoms with Gasteiger partial charge in [-0.3, -0.25) is 0 Å². The maximum atomic E-state index is 12.5. The van der Waals surface area contributed by atoms with Crippen molar-refractivity contribution in [1.29, 1.82) is 0 Å². The van der Waals surface area contributed by atoms with Crippen LogP contribution in [0.2, 0.25) is 0 Å². The quantitative estimate of drug-likeness (QED) is 0.724. The van der Waals surface area contributed by atoms with E-state index in [0.717, 1.165) is 16.1 Å². The smallest absolute Gasteiger partial charge is 0.250 e. The molecule has 3 aromatic rings. The van der Waals surface area contributed by atoms with Gasteiger partial charge in [-0.15, -0.1) is 11.3 Å². The normalized spacial score (nSPS) is 13.1. The highest BCUT2D eigenvalue weighted by Crippen LogP contribution is 2.31. The van der Waals surface area contributed by atoms with Crippen molar-refractivity contribution in [3.8, 4) is 10.6 Å². The number of benzene rings is 1. The number of nitrogens with zero attached hydrogens (tertiary/aromatic N) is 1. The second kappa shape index (κ2) is 6.88. The topological polar surface area (TPSA) is 72.2 Å². The molecule has 24 heavy (non-hydrogen) atoms. The molecule has 0 aliphatic heterocycles. The molecule has 126 valence electrons. The highest BCUT2D eigenvalue weighted by atomic mass is 32.2. The zero-order valence-corrected chi connectivity index (χ0v) is 15.0. The number of sulfonamides is 1. The predicted octanol–water partition coefficient (Wildman–Crippen LogP) is 3.79. The van der Waals surface area contributed by atoms with E-state index in [-0.39, 0.29) is 10.1 Å². The van der Waals surface area contributed by atoms with Gasteiger partial charge in [-0.25, -0.2) is 13.1 Å². The average molecular weight is 362 g/mol. The number of nitrogens with one attached hydrogen (secondary N) is 1. The molecule has 0 spiro atoms. The molecule has 0 amide bonds.